The summed E-state index contributed by atoms with van der Waals surface area (Å²) in [4.78, 5) is 29.1. The van der Waals surface area contributed by atoms with Crippen LogP contribution in [0.25, 0.3) is 0 Å². The summed E-state index contributed by atoms with van der Waals surface area (Å²) in [6.07, 6.45) is 3.33. The van der Waals surface area contributed by atoms with E-state index in [1.165, 1.54) is 5.69 Å². The summed E-state index contributed by atoms with van der Waals surface area (Å²) >= 11 is 0. The van der Waals surface area contributed by atoms with Crippen LogP contribution in [0.5, 0.6) is 0 Å². The second-order valence-electron chi connectivity index (χ2n) is 7.86. The molecular weight excluding hydrogens is 399 g/mol. The van der Waals surface area contributed by atoms with Crippen LogP contribution < -0.4 is 16.0 Å². The van der Waals surface area contributed by atoms with Gasteiger partial charge in [-0.2, -0.15) is 0 Å². The lowest BCUT2D eigenvalue weighted by atomic mass is 9.84. The van der Waals surface area contributed by atoms with E-state index in [1.54, 1.807) is 0 Å². The fourth-order valence-electron chi connectivity index (χ4n) is 4.97. The number of fused-ring (bicyclic) bond motifs is 2. The first kappa shape index (κ1) is 22.8. The summed E-state index contributed by atoms with van der Waals surface area (Å²) < 4.78 is 0. The largest absolute Gasteiger partial charge is 0.368 e. The van der Waals surface area contributed by atoms with Gasteiger partial charge in [0.25, 0.3) is 0 Å². The Labute approximate surface area is 179 Å². The van der Waals surface area contributed by atoms with Gasteiger partial charge in [0.1, 0.15) is 0 Å². The number of para-hydroxylation sites is 1. The Bertz CT molecular complexity index is 665. The predicted molar refractivity (Wildman–Crippen MR) is 115 cm³/mol. The Morgan fingerprint density at radius 1 is 1.00 bits per heavy atom. The molecule has 1 aromatic carbocycles. The Kier molecular flexibility index (Phi) is 7.98. The van der Waals surface area contributed by atoms with Crippen LogP contribution in [-0.4, -0.2) is 55.5 Å². The molecule has 8 heteroatoms. The molecule has 1 saturated heterocycles. The molecule has 2 saturated carbocycles. The third-order valence-corrected chi connectivity index (χ3v) is 6.45. The number of carbonyl (C=O) groups is 2. The summed E-state index contributed by atoms with van der Waals surface area (Å²) in [7, 11) is 0. The fraction of sp³-hybridized carbons (Fsp3) is 0.600. The highest BCUT2D eigenvalue weighted by molar-refractivity contribution is 5.87. The van der Waals surface area contributed by atoms with Crippen molar-refractivity contribution in [2.45, 2.75) is 25.3 Å². The summed E-state index contributed by atoms with van der Waals surface area (Å²) in [5, 5.41) is 2.86. The van der Waals surface area contributed by atoms with E-state index in [9.17, 15) is 9.59 Å². The molecule has 3 fully saturated rings. The SMILES string of the molecule is Cl.Cl.NC1C2CCC(C2)C1C(=O)NCC(=O)N1CCN(c2ccccc2)CC1. The van der Waals surface area contributed by atoms with Gasteiger partial charge in [0, 0.05) is 37.9 Å². The van der Waals surface area contributed by atoms with Gasteiger partial charge >= 0.3 is 0 Å². The molecule has 1 aromatic rings. The van der Waals surface area contributed by atoms with Gasteiger partial charge in [-0.15, -0.1) is 24.8 Å². The van der Waals surface area contributed by atoms with Crippen molar-refractivity contribution < 1.29 is 9.59 Å². The maximum absolute atomic E-state index is 12.5. The van der Waals surface area contributed by atoms with Gasteiger partial charge in [-0.3, -0.25) is 9.59 Å². The molecule has 6 nitrogen and oxygen atoms in total. The average Bonchev–Trinajstić information content (AvgIpc) is 3.28. The number of nitrogens with two attached hydrogens (primary N) is 1. The highest BCUT2D eigenvalue weighted by Crippen LogP contribution is 2.47. The summed E-state index contributed by atoms with van der Waals surface area (Å²) in [5.74, 6) is 0.789. The van der Waals surface area contributed by atoms with Crippen LogP contribution in [0.2, 0.25) is 0 Å². The van der Waals surface area contributed by atoms with E-state index in [2.05, 4.69) is 22.3 Å². The van der Waals surface area contributed by atoms with Crippen LogP contribution in [0.3, 0.4) is 0 Å². The van der Waals surface area contributed by atoms with E-state index < -0.39 is 0 Å². The molecule has 0 aromatic heterocycles. The van der Waals surface area contributed by atoms with Crippen molar-refractivity contribution in [1.82, 2.24) is 10.2 Å². The van der Waals surface area contributed by atoms with Crippen molar-refractivity contribution in [1.29, 1.82) is 0 Å². The van der Waals surface area contributed by atoms with Crippen molar-refractivity contribution in [3.05, 3.63) is 30.3 Å². The van der Waals surface area contributed by atoms with E-state index in [-0.39, 0.29) is 55.1 Å². The zero-order chi connectivity index (χ0) is 18.1. The van der Waals surface area contributed by atoms with E-state index in [4.69, 9.17) is 5.73 Å². The first-order valence-electron chi connectivity index (χ1n) is 9.74. The number of benzene rings is 1. The van der Waals surface area contributed by atoms with Crippen LogP contribution in [0.15, 0.2) is 30.3 Å². The van der Waals surface area contributed by atoms with Crippen LogP contribution in [0.4, 0.5) is 5.69 Å². The Hall–Kier alpha value is -1.50. The number of carbonyl (C=O) groups excluding carboxylic acids is 2. The van der Waals surface area contributed by atoms with Crippen molar-refractivity contribution in [3.63, 3.8) is 0 Å². The van der Waals surface area contributed by atoms with Gasteiger partial charge in [-0.25, -0.2) is 0 Å². The lowest BCUT2D eigenvalue weighted by molar-refractivity contribution is -0.134. The second-order valence-corrected chi connectivity index (χ2v) is 7.86. The molecule has 2 amide bonds. The van der Waals surface area contributed by atoms with Gasteiger partial charge < -0.3 is 20.9 Å². The van der Waals surface area contributed by atoms with Crippen molar-refractivity contribution in [2.75, 3.05) is 37.6 Å². The maximum Gasteiger partial charge on any atom is 0.242 e. The Morgan fingerprint density at radius 3 is 2.25 bits per heavy atom. The van der Waals surface area contributed by atoms with E-state index in [0.29, 0.717) is 24.9 Å². The van der Waals surface area contributed by atoms with E-state index in [1.807, 2.05) is 23.1 Å². The molecule has 3 N–H and O–H groups in total. The summed E-state index contributed by atoms with van der Waals surface area (Å²) in [6, 6.07) is 10.2. The third-order valence-electron chi connectivity index (χ3n) is 6.45. The smallest absolute Gasteiger partial charge is 0.242 e. The lowest BCUT2D eigenvalue weighted by Crippen LogP contribution is -2.52. The zero-order valence-corrected chi connectivity index (χ0v) is 17.6. The zero-order valence-electron chi connectivity index (χ0n) is 16.0. The van der Waals surface area contributed by atoms with Crippen molar-refractivity contribution in [3.8, 4) is 0 Å². The number of hydrogen-bond acceptors (Lipinski definition) is 4. The highest BCUT2D eigenvalue weighted by atomic mass is 35.5. The van der Waals surface area contributed by atoms with Gasteiger partial charge in [-0.05, 0) is 43.2 Å². The molecule has 0 spiro atoms. The van der Waals surface area contributed by atoms with Gasteiger partial charge in [0.05, 0.1) is 12.5 Å². The van der Waals surface area contributed by atoms with Crippen LogP contribution in [0.1, 0.15) is 19.3 Å². The summed E-state index contributed by atoms with van der Waals surface area (Å²) in [5.41, 5.74) is 7.42. The third kappa shape index (κ3) is 4.56. The number of nitrogens with one attached hydrogen (secondary N) is 1. The molecule has 28 heavy (non-hydrogen) atoms. The lowest BCUT2D eigenvalue weighted by Gasteiger charge is -2.36. The fourth-order valence-corrected chi connectivity index (χ4v) is 4.97. The molecule has 156 valence electrons. The number of piperazine rings is 1. The standard InChI is InChI=1S/C20H28N4O2.2ClH/c21-19-15-7-6-14(12-15)18(19)20(26)22-13-17(25)24-10-8-23(9-11-24)16-4-2-1-3-5-16;;/h1-5,14-15,18-19H,6-13,21H2,(H,22,26);2*1H. The number of rotatable bonds is 4. The number of halogens is 2. The van der Waals surface area contributed by atoms with Gasteiger partial charge in [0.15, 0.2) is 0 Å². The Morgan fingerprint density at radius 2 is 1.64 bits per heavy atom. The van der Waals surface area contributed by atoms with E-state index >= 15 is 0 Å². The van der Waals surface area contributed by atoms with E-state index in [0.717, 1.165) is 32.4 Å². The predicted octanol–water partition coefficient (Wildman–Crippen LogP) is 1.67. The van der Waals surface area contributed by atoms with Crippen molar-refractivity contribution in [2.24, 2.45) is 23.5 Å². The minimum Gasteiger partial charge on any atom is -0.368 e. The minimum absolute atomic E-state index is 0. The highest BCUT2D eigenvalue weighted by Gasteiger charge is 2.49. The average molecular weight is 429 g/mol. The molecule has 0 radical (unpaired) electrons. The normalized spacial score (nSPS) is 28.3. The Balaban J connectivity index is 0.00000140. The first-order valence-corrected chi connectivity index (χ1v) is 9.74. The minimum atomic E-state index is -0.100. The maximum atomic E-state index is 12.5. The number of nitrogens with zero attached hydrogens (tertiary/aromatic N) is 2. The molecular formula is C20H30Cl2N4O2. The molecule has 1 aliphatic heterocycles. The molecule has 4 rings (SSSR count). The van der Waals surface area contributed by atoms with Crippen LogP contribution in [0, 0.1) is 17.8 Å². The monoisotopic (exact) mass is 428 g/mol. The number of hydrogen-bond donors (Lipinski definition) is 2. The molecule has 1 heterocycles. The molecule has 2 bridgehead atoms. The topological polar surface area (TPSA) is 78.7 Å². The number of anilines is 1. The molecule has 3 aliphatic rings. The van der Waals surface area contributed by atoms with Gasteiger partial charge in [-0.1, -0.05) is 18.2 Å². The molecule has 4 atom stereocenters. The van der Waals surface area contributed by atoms with Crippen molar-refractivity contribution >= 4 is 42.3 Å². The van der Waals surface area contributed by atoms with Crippen LogP contribution >= 0.6 is 24.8 Å². The molecule has 2 aliphatic carbocycles. The van der Waals surface area contributed by atoms with Crippen LogP contribution in [-0.2, 0) is 9.59 Å². The molecule has 4 unspecified atom stereocenters. The quantitative estimate of drug-likeness (QED) is 0.764. The second kappa shape index (κ2) is 9.81. The summed E-state index contributed by atoms with van der Waals surface area (Å²) in [6.45, 7) is 3.11. The first-order chi connectivity index (χ1) is 12.6. The van der Waals surface area contributed by atoms with Gasteiger partial charge in [0.2, 0.25) is 11.8 Å². The number of amides is 2.